The standard InChI is InChI=1S/C7H14O4S2/c1-6(2)13(10,11)4-3-12-5-7(8)9/h6H,3-5H2,1-2H3,(H,8,9). The first-order valence-electron chi connectivity index (χ1n) is 3.87. The molecule has 0 saturated carbocycles. The normalized spacial score (nSPS) is 11.9. The predicted octanol–water partition coefficient (Wildman–Crippen LogP) is 0.627. The molecule has 0 aromatic heterocycles. The Balaban J connectivity index is 3.72. The molecule has 1 N–H and O–H groups in total. The Kier molecular flexibility index (Phi) is 5.39. The maximum Gasteiger partial charge on any atom is 0.313 e. The van der Waals surface area contributed by atoms with E-state index in [1.807, 2.05) is 0 Å². The van der Waals surface area contributed by atoms with Crippen LogP contribution in [0.2, 0.25) is 0 Å². The largest absolute Gasteiger partial charge is 0.481 e. The summed E-state index contributed by atoms with van der Waals surface area (Å²) in [6.45, 7) is 3.24. The number of carboxylic acids is 1. The molecule has 0 radical (unpaired) electrons. The van der Waals surface area contributed by atoms with E-state index in [-0.39, 0.29) is 16.8 Å². The van der Waals surface area contributed by atoms with Gasteiger partial charge in [0.05, 0.1) is 16.8 Å². The van der Waals surface area contributed by atoms with Gasteiger partial charge in [0.1, 0.15) is 0 Å². The van der Waals surface area contributed by atoms with E-state index >= 15 is 0 Å². The quantitative estimate of drug-likeness (QED) is 0.672. The van der Waals surface area contributed by atoms with Crippen LogP contribution in [0.5, 0.6) is 0 Å². The van der Waals surface area contributed by atoms with Crippen LogP contribution in [0.25, 0.3) is 0 Å². The van der Waals surface area contributed by atoms with Crippen molar-refractivity contribution in [3.63, 3.8) is 0 Å². The van der Waals surface area contributed by atoms with Crippen LogP contribution in [0, 0.1) is 0 Å². The lowest BCUT2D eigenvalue weighted by molar-refractivity contribution is -0.133. The summed E-state index contributed by atoms with van der Waals surface area (Å²) in [5, 5.41) is 7.90. The van der Waals surface area contributed by atoms with Crippen LogP contribution < -0.4 is 0 Å². The van der Waals surface area contributed by atoms with Crippen LogP contribution in [0.1, 0.15) is 13.8 Å². The van der Waals surface area contributed by atoms with Crippen LogP contribution in [-0.4, -0.2) is 42.0 Å². The van der Waals surface area contributed by atoms with Crippen molar-refractivity contribution in [3.8, 4) is 0 Å². The Morgan fingerprint density at radius 3 is 2.38 bits per heavy atom. The highest BCUT2D eigenvalue weighted by Gasteiger charge is 2.15. The second-order valence-electron chi connectivity index (χ2n) is 2.86. The van der Waals surface area contributed by atoms with Crippen molar-refractivity contribution in [2.45, 2.75) is 19.1 Å². The van der Waals surface area contributed by atoms with Gasteiger partial charge in [0.25, 0.3) is 0 Å². The predicted molar refractivity (Wildman–Crippen MR) is 53.9 cm³/mol. The Labute approximate surface area is 82.6 Å². The molecule has 6 heteroatoms. The molecule has 0 spiro atoms. The third kappa shape index (κ3) is 5.93. The molecule has 0 aliphatic rings. The Morgan fingerprint density at radius 2 is 2.00 bits per heavy atom. The minimum Gasteiger partial charge on any atom is -0.481 e. The van der Waals surface area contributed by atoms with E-state index in [0.717, 1.165) is 11.8 Å². The molecule has 0 unspecified atom stereocenters. The molecule has 0 aliphatic carbocycles. The van der Waals surface area contributed by atoms with Crippen molar-refractivity contribution in [3.05, 3.63) is 0 Å². The zero-order valence-electron chi connectivity index (χ0n) is 7.69. The van der Waals surface area contributed by atoms with Gasteiger partial charge in [0.2, 0.25) is 0 Å². The van der Waals surface area contributed by atoms with Crippen LogP contribution in [0.15, 0.2) is 0 Å². The van der Waals surface area contributed by atoms with Gasteiger partial charge in [0.15, 0.2) is 9.84 Å². The summed E-state index contributed by atoms with van der Waals surface area (Å²) >= 11 is 1.13. The third-order valence-corrected chi connectivity index (χ3v) is 4.87. The topological polar surface area (TPSA) is 71.4 Å². The fourth-order valence-electron chi connectivity index (χ4n) is 0.570. The SMILES string of the molecule is CC(C)S(=O)(=O)CCSCC(=O)O. The molecular formula is C7H14O4S2. The number of hydrogen-bond acceptors (Lipinski definition) is 4. The van der Waals surface area contributed by atoms with E-state index in [9.17, 15) is 13.2 Å². The Morgan fingerprint density at radius 1 is 1.46 bits per heavy atom. The van der Waals surface area contributed by atoms with E-state index < -0.39 is 15.8 Å². The smallest absolute Gasteiger partial charge is 0.313 e. The van der Waals surface area contributed by atoms with Crippen LogP contribution >= 0.6 is 11.8 Å². The van der Waals surface area contributed by atoms with Gasteiger partial charge in [0, 0.05) is 5.75 Å². The van der Waals surface area contributed by atoms with Gasteiger partial charge in [-0.2, -0.15) is 0 Å². The molecule has 0 amide bonds. The van der Waals surface area contributed by atoms with E-state index in [0.29, 0.717) is 5.75 Å². The molecule has 0 atom stereocenters. The van der Waals surface area contributed by atoms with Crippen molar-refractivity contribution in [2.75, 3.05) is 17.3 Å². The zero-order chi connectivity index (χ0) is 10.5. The minimum absolute atomic E-state index is 0.0341. The maximum absolute atomic E-state index is 11.2. The highest BCUT2D eigenvalue weighted by Crippen LogP contribution is 2.06. The fraction of sp³-hybridized carbons (Fsp3) is 0.857. The average molecular weight is 226 g/mol. The lowest BCUT2D eigenvalue weighted by Crippen LogP contribution is -2.19. The summed E-state index contributed by atoms with van der Waals surface area (Å²) in [4.78, 5) is 10.1. The van der Waals surface area contributed by atoms with Crippen molar-refractivity contribution >= 4 is 27.6 Å². The molecule has 0 aromatic rings. The number of thioether (sulfide) groups is 1. The van der Waals surface area contributed by atoms with E-state index in [2.05, 4.69) is 0 Å². The monoisotopic (exact) mass is 226 g/mol. The molecule has 0 aromatic carbocycles. The second-order valence-corrected chi connectivity index (χ2v) is 6.64. The summed E-state index contributed by atoms with van der Waals surface area (Å²) in [7, 11) is -3.01. The molecule has 13 heavy (non-hydrogen) atoms. The van der Waals surface area contributed by atoms with Crippen LogP contribution in [0.3, 0.4) is 0 Å². The fourth-order valence-corrected chi connectivity index (χ4v) is 2.76. The van der Waals surface area contributed by atoms with Crippen LogP contribution in [-0.2, 0) is 14.6 Å². The number of carbonyl (C=O) groups is 1. The lowest BCUT2D eigenvalue weighted by atomic mass is 10.6. The number of sulfone groups is 1. The summed E-state index contributed by atoms with van der Waals surface area (Å²) < 4.78 is 22.4. The minimum atomic E-state index is -3.01. The van der Waals surface area contributed by atoms with Gasteiger partial charge in [-0.1, -0.05) is 0 Å². The van der Waals surface area contributed by atoms with Crippen molar-refractivity contribution < 1.29 is 18.3 Å². The van der Waals surface area contributed by atoms with E-state index in [1.54, 1.807) is 13.8 Å². The van der Waals surface area contributed by atoms with E-state index in [1.165, 1.54) is 0 Å². The van der Waals surface area contributed by atoms with Gasteiger partial charge >= 0.3 is 5.97 Å². The number of hydrogen-bond donors (Lipinski definition) is 1. The highest BCUT2D eigenvalue weighted by atomic mass is 32.2. The number of rotatable bonds is 6. The summed E-state index contributed by atoms with van der Waals surface area (Å²) in [6, 6.07) is 0. The van der Waals surface area contributed by atoms with Gasteiger partial charge in [-0.05, 0) is 13.8 Å². The lowest BCUT2D eigenvalue weighted by Gasteiger charge is -2.05. The molecule has 0 aliphatic heterocycles. The summed E-state index contributed by atoms with van der Waals surface area (Å²) in [6.07, 6.45) is 0. The van der Waals surface area contributed by atoms with Gasteiger partial charge in [-0.3, -0.25) is 4.79 Å². The number of carboxylic acid groups (broad SMARTS) is 1. The summed E-state index contributed by atoms with van der Waals surface area (Å²) in [5.41, 5.74) is 0. The van der Waals surface area contributed by atoms with Crippen molar-refractivity contribution in [1.29, 1.82) is 0 Å². The first-order valence-corrected chi connectivity index (χ1v) is 6.74. The molecule has 78 valence electrons. The molecule has 0 rings (SSSR count). The first kappa shape index (κ1) is 12.8. The maximum atomic E-state index is 11.2. The Bertz CT molecular complexity index is 256. The van der Waals surface area contributed by atoms with E-state index in [4.69, 9.17) is 5.11 Å². The average Bonchev–Trinajstić information content (AvgIpc) is 1.97. The Hall–Kier alpha value is -0.230. The molecule has 4 nitrogen and oxygen atoms in total. The van der Waals surface area contributed by atoms with Gasteiger partial charge in [-0.15, -0.1) is 11.8 Å². The molecular weight excluding hydrogens is 212 g/mol. The molecule has 0 saturated heterocycles. The van der Waals surface area contributed by atoms with Gasteiger partial charge in [-0.25, -0.2) is 8.42 Å². The number of aliphatic carboxylic acids is 1. The molecule has 0 fully saturated rings. The summed E-state index contributed by atoms with van der Waals surface area (Å²) in [5.74, 6) is -0.532. The van der Waals surface area contributed by atoms with Crippen LogP contribution in [0.4, 0.5) is 0 Å². The molecule has 0 bridgehead atoms. The van der Waals surface area contributed by atoms with Crippen molar-refractivity contribution in [1.82, 2.24) is 0 Å². The highest BCUT2D eigenvalue weighted by molar-refractivity contribution is 8.01. The molecule has 0 heterocycles. The third-order valence-electron chi connectivity index (χ3n) is 1.46. The van der Waals surface area contributed by atoms with Gasteiger partial charge < -0.3 is 5.11 Å². The first-order chi connectivity index (χ1) is 5.86. The second kappa shape index (κ2) is 5.49. The zero-order valence-corrected chi connectivity index (χ0v) is 9.32. The van der Waals surface area contributed by atoms with Crippen molar-refractivity contribution in [2.24, 2.45) is 0 Å².